The number of hydrogen-bond acceptors (Lipinski definition) is 6. The summed E-state index contributed by atoms with van der Waals surface area (Å²) in [6, 6.07) is -0.460. The summed E-state index contributed by atoms with van der Waals surface area (Å²) in [6.45, 7) is 4.18. The first kappa shape index (κ1) is 21.1. The minimum atomic E-state index is -1.09. The van der Waals surface area contributed by atoms with Gasteiger partial charge in [0.2, 0.25) is 0 Å². The quantitative estimate of drug-likeness (QED) is 0.239. The Balaban J connectivity index is 3.92. The maximum absolute atomic E-state index is 11.9. The number of ether oxygens (including phenoxy) is 1. The lowest BCUT2D eigenvalue weighted by atomic mass is 10.4. The Morgan fingerprint density at radius 3 is 2.30 bits per heavy atom. The van der Waals surface area contributed by atoms with Gasteiger partial charge in [0, 0.05) is 39.3 Å². The zero-order valence-corrected chi connectivity index (χ0v) is 13.3. The molecule has 23 heavy (non-hydrogen) atoms. The lowest BCUT2D eigenvalue weighted by molar-refractivity contribution is -0.138. The molecule has 0 radical (unpaired) electrons. The van der Waals surface area contributed by atoms with E-state index >= 15 is 0 Å². The number of rotatable bonds is 14. The zero-order chi connectivity index (χ0) is 17.5. The van der Waals surface area contributed by atoms with Crippen LogP contribution in [0.3, 0.4) is 0 Å². The van der Waals surface area contributed by atoms with Gasteiger partial charge in [-0.2, -0.15) is 0 Å². The van der Waals surface area contributed by atoms with E-state index in [0.717, 1.165) is 0 Å². The number of nitrogens with zero attached hydrogens (tertiary/aromatic N) is 1. The molecular formula is C13H26N4O6. The monoisotopic (exact) mass is 334 g/mol. The van der Waals surface area contributed by atoms with Crippen molar-refractivity contribution in [2.75, 3.05) is 59.0 Å². The fraction of sp³-hybridized carbons (Fsp3) is 0.769. The van der Waals surface area contributed by atoms with E-state index in [4.69, 9.17) is 14.9 Å². The summed E-state index contributed by atoms with van der Waals surface area (Å²) >= 11 is 0. The Labute approximate surface area is 135 Å². The topological polar surface area (TPSA) is 140 Å². The summed E-state index contributed by atoms with van der Waals surface area (Å²) in [5.74, 6) is -2.02. The molecule has 5 N–H and O–H groups in total. The van der Waals surface area contributed by atoms with Crippen LogP contribution in [0.25, 0.3) is 0 Å². The van der Waals surface area contributed by atoms with E-state index < -0.39 is 18.0 Å². The highest BCUT2D eigenvalue weighted by molar-refractivity contribution is 5.80. The molecule has 0 fully saturated rings. The van der Waals surface area contributed by atoms with Crippen LogP contribution >= 0.6 is 0 Å². The van der Waals surface area contributed by atoms with Crippen LogP contribution in [0.2, 0.25) is 0 Å². The van der Waals surface area contributed by atoms with Crippen LogP contribution in [0.4, 0.5) is 4.79 Å². The summed E-state index contributed by atoms with van der Waals surface area (Å²) in [7, 11) is 0. The molecule has 0 atom stereocenters. The van der Waals surface area contributed by atoms with E-state index in [2.05, 4.69) is 16.0 Å². The molecular weight excluding hydrogens is 308 g/mol. The number of carboxylic acids is 2. The fourth-order valence-electron chi connectivity index (χ4n) is 1.61. The molecule has 134 valence electrons. The number of aliphatic carboxylic acids is 2. The van der Waals surface area contributed by atoms with Crippen molar-refractivity contribution in [3.05, 3.63) is 0 Å². The van der Waals surface area contributed by atoms with Gasteiger partial charge in [-0.3, -0.25) is 9.59 Å². The average molecular weight is 334 g/mol. The Bertz CT molecular complexity index is 366. The van der Waals surface area contributed by atoms with Crippen LogP contribution < -0.4 is 16.0 Å². The number of urea groups is 1. The molecule has 0 unspecified atom stereocenters. The maximum atomic E-state index is 11.9. The second-order valence-corrected chi connectivity index (χ2v) is 4.56. The van der Waals surface area contributed by atoms with Gasteiger partial charge < -0.3 is 35.8 Å². The van der Waals surface area contributed by atoms with Crippen molar-refractivity contribution in [3.63, 3.8) is 0 Å². The standard InChI is InChI=1S/C13H26N4O6/c1-2-23-8-6-16-13(22)17(10-12(20)21)7-5-14-3-4-15-9-11(18)19/h14-15H,2-10H2,1H3,(H,16,22)(H,18,19)(H,20,21). The molecule has 0 aliphatic rings. The van der Waals surface area contributed by atoms with E-state index in [1.165, 1.54) is 4.90 Å². The van der Waals surface area contributed by atoms with Gasteiger partial charge in [-0.05, 0) is 6.92 Å². The van der Waals surface area contributed by atoms with Gasteiger partial charge in [0.25, 0.3) is 0 Å². The van der Waals surface area contributed by atoms with Crippen molar-refractivity contribution < 1.29 is 29.3 Å². The van der Waals surface area contributed by atoms with Gasteiger partial charge in [0.05, 0.1) is 13.2 Å². The van der Waals surface area contributed by atoms with Crippen molar-refractivity contribution >= 4 is 18.0 Å². The summed E-state index contributed by atoms with van der Waals surface area (Å²) in [5.41, 5.74) is 0. The highest BCUT2D eigenvalue weighted by Gasteiger charge is 2.15. The lowest BCUT2D eigenvalue weighted by Gasteiger charge is -2.21. The Kier molecular flexibility index (Phi) is 12.6. The van der Waals surface area contributed by atoms with Crippen LogP contribution in [0.1, 0.15) is 6.92 Å². The van der Waals surface area contributed by atoms with Crippen LogP contribution in [0, 0.1) is 0 Å². The van der Waals surface area contributed by atoms with E-state index in [0.29, 0.717) is 39.4 Å². The molecule has 0 spiro atoms. The number of carbonyl (C=O) groups excluding carboxylic acids is 1. The van der Waals surface area contributed by atoms with Gasteiger partial charge in [-0.15, -0.1) is 0 Å². The van der Waals surface area contributed by atoms with Crippen molar-refractivity contribution in [1.82, 2.24) is 20.9 Å². The molecule has 0 aliphatic carbocycles. The molecule has 0 aromatic rings. The van der Waals surface area contributed by atoms with E-state index in [9.17, 15) is 14.4 Å². The second kappa shape index (κ2) is 13.7. The smallest absolute Gasteiger partial charge is 0.323 e. The normalized spacial score (nSPS) is 10.3. The predicted molar refractivity (Wildman–Crippen MR) is 82.5 cm³/mol. The van der Waals surface area contributed by atoms with Crippen molar-refractivity contribution in [3.8, 4) is 0 Å². The fourth-order valence-corrected chi connectivity index (χ4v) is 1.61. The number of carbonyl (C=O) groups is 3. The summed E-state index contributed by atoms with van der Waals surface area (Å²) in [6.07, 6.45) is 0. The highest BCUT2D eigenvalue weighted by Crippen LogP contribution is 1.89. The second-order valence-electron chi connectivity index (χ2n) is 4.56. The lowest BCUT2D eigenvalue weighted by Crippen LogP contribution is -2.46. The zero-order valence-electron chi connectivity index (χ0n) is 13.3. The van der Waals surface area contributed by atoms with E-state index in [1.54, 1.807) is 0 Å². The largest absolute Gasteiger partial charge is 0.480 e. The number of amides is 2. The minimum Gasteiger partial charge on any atom is -0.480 e. The Morgan fingerprint density at radius 2 is 1.70 bits per heavy atom. The highest BCUT2D eigenvalue weighted by atomic mass is 16.5. The van der Waals surface area contributed by atoms with E-state index in [1.807, 2.05) is 6.92 Å². The van der Waals surface area contributed by atoms with Gasteiger partial charge in [0.1, 0.15) is 6.54 Å². The molecule has 0 heterocycles. The first-order valence-electron chi connectivity index (χ1n) is 7.42. The molecule has 0 saturated heterocycles. The average Bonchev–Trinajstić information content (AvgIpc) is 2.48. The third-order valence-electron chi connectivity index (χ3n) is 2.65. The number of carboxylic acid groups (broad SMARTS) is 2. The van der Waals surface area contributed by atoms with Crippen molar-refractivity contribution in [2.45, 2.75) is 6.92 Å². The van der Waals surface area contributed by atoms with Crippen molar-refractivity contribution in [1.29, 1.82) is 0 Å². The van der Waals surface area contributed by atoms with Gasteiger partial charge in [-0.1, -0.05) is 0 Å². The summed E-state index contributed by atoms with van der Waals surface area (Å²) in [4.78, 5) is 34.1. The first-order valence-corrected chi connectivity index (χ1v) is 7.42. The molecule has 0 aromatic heterocycles. The van der Waals surface area contributed by atoms with Crippen LogP contribution in [0.5, 0.6) is 0 Å². The third-order valence-corrected chi connectivity index (χ3v) is 2.65. The Hall–Kier alpha value is -1.91. The van der Waals surface area contributed by atoms with E-state index in [-0.39, 0.29) is 19.6 Å². The maximum Gasteiger partial charge on any atom is 0.323 e. The third kappa shape index (κ3) is 13.5. The Morgan fingerprint density at radius 1 is 1.00 bits per heavy atom. The van der Waals surface area contributed by atoms with Gasteiger partial charge in [-0.25, -0.2) is 4.79 Å². The summed E-state index contributed by atoms with van der Waals surface area (Å²) < 4.78 is 5.09. The molecule has 0 bridgehead atoms. The van der Waals surface area contributed by atoms with Crippen LogP contribution in [0.15, 0.2) is 0 Å². The summed E-state index contributed by atoms with van der Waals surface area (Å²) in [5, 5.41) is 25.6. The minimum absolute atomic E-state index is 0.116. The molecule has 2 amide bonds. The van der Waals surface area contributed by atoms with Crippen LogP contribution in [-0.2, 0) is 14.3 Å². The molecule has 0 aromatic carbocycles. The van der Waals surface area contributed by atoms with Gasteiger partial charge in [0.15, 0.2) is 0 Å². The number of hydrogen-bond donors (Lipinski definition) is 5. The van der Waals surface area contributed by atoms with Crippen LogP contribution in [-0.4, -0.2) is 92.1 Å². The molecule has 10 heteroatoms. The molecule has 0 rings (SSSR count). The molecule has 0 saturated carbocycles. The predicted octanol–water partition coefficient (Wildman–Crippen LogP) is -1.62. The first-order chi connectivity index (χ1) is 11.0. The molecule has 0 aliphatic heterocycles. The van der Waals surface area contributed by atoms with Crippen molar-refractivity contribution in [2.24, 2.45) is 0 Å². The molecule has 10 nitrogen and oxygen atoms in total. The SMILES string of the molecule is CCOCCNC(=O)N(CCNCCNCC(=O)O)CC(=O)O. The number of nitrogens with one attached hydrogen (secondary N) is 3. The van der Waals surface area contributed by atoms with Gasteiger partial charge >= 0.3 is 18.0 Å².